The molecule has 1 aromatic carbocycles. The molecular formula is C15H25Br2N3O. The Bertz CT molecular complexity index is 410. The van der Waals surface area contributed by atoms with Crippen LogP contribution in [-0.2, 0) is 19.6 Å². The minimum absolute atomic E-state index is 0.374. The third-order valence-electron chi connectivity index (χ3n) is 3.05. The predicted molar refractivity (Wildman–Crippen MR) is 95.7 cm³/mol. The molecule has 0 aliphatic carbocycles. The first-order valence-electron chi connectivity index (χ1n) is 6.79. The highest BCUT2D eigenvalue weighted by Crippen LogP contribution is 2.41. The van der Waals surface area contributed by atoms with E-state index in [0.717, 1.165) is 26.6 Å². The van der Waals surface area contributed by atoms with E-state index in [1.807, 2.05) is 42.3 Å². The van der Waals surface area contributed by atoms with Gasteiger partial charge in [-0.15, -0.1) is 0 Å². The number of rotatable bonds is 6. The third-order valence-corrected chi connectivity index (χ3v) is 4.97. The summed E-state index contributed by atoms with van der Waals surface area (Å²) in [6.45, 7) is 2.20. The smallest absolute Gasteiger partial charge is 0.126 e. The average molecular weight is 423 g/mol. The lowest BCUT2D eigenvalue weighted by atomic mass is 10.0. The topological polar surface area (TPSA) is 30.0 Å². The number of benzene rings is 1. The summed E-state index contributed by atoms with van der Waals surface area (Å²) in [7, 11) is 12.1. The van der Waals surface area contributed by atoms with Crippen molar-refractivity contribution in [1.29, 1.82) is 0 Å². The van der Waals surface area contributed by atoms with Gasteiger partial charge in [0.2, 0.25) is 0 Å². The molecule has 0 saturated carbocycles. The van der Waals surface area contributed by atoms with Crippen LogP contribution < -0.4 is 0 Å². The zero-order chi connectivity index (χ0) is 16.3. The van der Waals surface area contributed by atoms with Crippen molar-refractivity contribution in [3.63, 3.8) is 0 Å². The van der Waals surface area contributed by atoms with Gasteiger partial charge in [0.25, 0.3) is 0 Å². The lowest BCUT2D eigenvalue weighted by molar-refractivity contribution is 0.362. The Morgan fingerprint density at radius 2 is 0.952 bits per heavy atom. The van der Waals surface area contributed by atoms with Crippen molar-refractivity contribution in [3.05, 3.63) is 25.6 Å². The number of halogens is 2. The molecule has 0 aliphatic heterocycles. The molecule has 0 spiro atoms. The van der Waals surface area contributed by atoms with Gasteiger partial charge < -0.3 is 19.8 Å². The first-order chi connectivity index (χ1) is 9.65. The van der Waals surface area contributed by atoms with Gasteiger partial charge in [0, 0.05) is 39.7 Å². The molecule has 1 N–H and O–H groups in total. The molecule has 0 unspecified atom stereocenters. The van der Waals surface area contributed by atoms with Crippen LogP contribution in [-0.4, -0.2) is 62.1 Å². The molecule has 6 heteroatoms. The largest absolute Gasteiger partial charge is 0.507 e. The predicted octanol–water partition coefficient (Wildman–Crippen LogP) is 3.10. The molecule has 1 rings (SSSR count). The molecule has 0 radical (unpaired) electrons. The Labute approximate surface area is 145 Å². The maximum absolute atomic E-state index is 10.7. The fourth-order valence-electron chi connectivity index (χ4n) is 2.23. The molecule has 1 aromatic rings. The van der Waals surface area contributed by atoms with Crippen molar-refractivity contribution in [1.82, 2.24) is 14.7 Å². The highest BCUT2D eigenvalue weighted by Gasteiger charge is 2.22. The maximum atomic E-state index is 10.7. The Hall–Kier alpha value is -0.140. The van der Waals surface area contributed by atoms with E-state index in [4.69, 9.17) is 0 Å². The van der Waals surface area contributed by atoms with Crippen LogP contribution in [0.1, 0.15) is 16.7 Å². The zero-order valence-electron chi connectivity index (χ0n) is 13.7. The summed E-state index contributed by atoms with van der Waals surface area (Å²) in [6, 6.07) is 0. The monoisotopic (exact) mass is 421 g/mol. The lowest BCUT2D eigenvalue weighted by Crippen LogP contribution is -2.18. The van der Waals surface area contributed by atoms with E-state index in [0.29, 0.717) is 18.8 Å². The Morgan fingerprint density at radius 1 is 0.667 bits per heavy atom. The van der Waals surface area contributed by atoms with Crippen molar-refractivity contribution in [2.75, 3.05) is 42.3 Å². The maximum Gasteiger partial charge on any atom is 0.126 e. The van der Waals surface area contributed by atoms with Crippen LogP contribution in [0.15, 0.2) is 8.95 Å². The van der Waals surface area contributed by atoms with Crippen LogP contribution in [0.5, 0.6) is 5.75 Å². The van der Waals surface area contributed by atoms with E-state index in [1.165, 1.54) is 5.56 Å². The van der Waals surface area contributed by atoms with Crippen LogP contribution in [0.4, 0.5) is 0 Å². The van der Waals surface area contributed by atoms with Gasteiger partial charge >= 0.3 is 0 Å². The van der Waals surface area contributed by atoms with Crippen molar-refractivity contribution in [2.24, 2.45) is 0 Å². The second kappa shape index (κ2) is 7.92. The summed E-state index contributed by atoms with van der Waals surface area (Å²) in [4.78, 5) is 6.25. The van der Waals surface area contributed by atoms with E-state index in [1.54, 1.807) is 0 Å². The summed E-state index contributed by atoms with van der Waals surface area (Å²) in [5.74, 6) is 0.374. The van der Waals surface area contributed by atoms with Gasteiger partial charge in [-0.05, 0) is 79.7 Å². The summed E-state index contributed by atoms with van der Waals surface area (Å²) < 4.78 is 1.97. The van der Waals surface area contributed by atoms with Gasteiger partial charge in [-0.1, -0.05) is 0 Å². The standard InChI is InChI=1S/C15H25Br2N3O/c1-18(2)7-10-13(16)11(8-19(3)4)15(21)12(14(10)17)9-20(5)6/h21H,7-9H2,1-6H3. The summed E-state index contributed by atoms with van der Waals surface area (Å²) >= 11 is 7.37. The molecule has 0 bridgehead atoms. The van der Waals surface area contributed by atoms with Crippen molar-refractivity contribution >= 4 is 31.9 Å². The number of hydrogen-bond donors (Lipinski definition) is 1. The van der Waals surface area contributed by atoms with E-state index < -0.39 is 0 Å². The SMILES string of the molecule is CN(C)Cc1c(O)c(CN(C)C)c(Br)c(CN(C)C)c1Br. The number of phenols is 1. The number of phenolic OH excluding ortho intramolecular Hbond substituents is 1. The first kappa shape index (κ1) is 18.9. The number of hydrogen-bond acceptors (Lipinski definition) is 4. The molecule has 0 aromatic heterocycles. The minimum atomic E-state index is 0.374. The molecule has 0 amide bonds. The molecule has 0 heterocycles. The molecule has 0 aliphatic rings. The van der Waals surface area contributed by atoms with Gasteiger partial charge in [0.1, 0.15) is 5.75 Å². The molecule has 0 atom stereocenters. The first-order valence-corrected chi connectivity index (χ1v) is 8.38. The van der Waals surface area contributed by atoms with E-state index in [9.17, 15) is 5.11 Å². The van der Waals surface area contributed by atoms with Gasteiger partial charge in [0.15, 0.2) is 0 Å². The van der Waals surface area contributed by atoms with E-state index in [2.05, 4.69) is 46.6 Å². The van der Waals surface area contributed by atoms with E-state index in [-0.39, 0.29) is 0 Å². The van der Waals surface area contributed by atoms with Gasteiger partial charge in [-0.3, -0.25) is 0 Å². The van der Waals surface area contributed by atoms with E-state index >= 15 is 0 Å². The van der Waals surface area contributed by atoms with Crippen LogP contribution in [0, 0.1) is 0 Å². The zero-order valence-corrected chi connectivity index (χ0v) is 16.8. The van der Waals surface area contributed by atoms with Crippen LogP contribution in [0.25, 0.3) is 0 Å². The second-order valence-electron chi connectivity index (χ2n) is 6.13. The highest BCUT2D eigenvalue weighted by atomic mass is 79.9. The fraction of sp³-hybridized carbons (Fsp3) is 0.600. The van der Waals surface area contributed by atoms with Crippen LogP contribution >= 0.6 is 31.9 Å². The Morgan fingerprint density at radius 3 is 1.24 bits per heavy atom. The summed E-state index contributed by atoms with van der Waals surface area (Å²) in [5.41, 5.74) is 3.06. The third kappa shape index (κ3) is 4.93. The fourth-order valence-corrected chi connectivity index (χ4v) is 3.77. The number of aromatic hydroxyl groups is 1. The molecular weight excluding hydrogens is 398 g/mol. The highest BCUT2D eigenvalue weighted by molar-refractivity contribution is 9.11. The van der Waals surface area contributed by atoms with Gasteiger partial charge in [-0.2, -0.15) is 0 Å². The Balaban J connectivity index is 3.49. The minimum Gasteiger partial charge on any atom is -0.507 e. The normalized spacial score (nSPS) is 12.0. The van der Waals surface area contributed by atoms with Crippen molar-refractivity contribution < 1.29 is 5.11 Å². The van der Waals surface area contributed by atoms with Gasteiger partial charge in [-0.25, -0.2) is 0 Å². The van der Waals surface area contributed by atoms with Crippen molar-refractivity contribution in [2.45, 2.75) is 19.6 Å². The van der Waals surface area contributed by atoms with Crippen LogP contribution in [0.2, 0.25) is 0 Å². The molecule has 120 valence electrons. The quantitative estimate of drug-likeness (QED) is 0.762. The average Bonchev–Trinajstić information content (AvgIpc) is 2.35. The second-order valence-corrected chi connectivity index (χ2v) is 7.71. The molecule has 4 nitrogen and oxygen atoms in total. The van der Waals surface area contributed by atoms with Crippen molar-refractivity contribution in [3.8, 4) is 5.75 Å². The lowest BCUT2D eigenvalue weighted by Gasteiger charge is -2.24. The Kier molecular flexibility index (Phi) is 7.13. The van der Waals surface area contributed by atoms with Gasteiger partial charge in [0.05, 0.1) is 0 Å². The number of nitrogens with zero attached hydrogens (tertiary/aromatic N) is 3. The molecule has 0 saturated heterocycles. The van der Waals surface area contributed by atoms with Crippen LogP contribution in [0.3, 0.4) is 0 Å². The molecule has 0 fully saturated rings. The summed E-state index contributed by atoms with van der Waals surface area (Å²) in [5, 5.41) is 10.7. The molecule has 21 heavy (non-hydrogen) atoms. The summed E-state index contributed by atoms with van der Waals surface area (Å²) in [6.07, 6.45) is 0.